The molecule has 1 aromatic heterocycles. The largest absolute Gasteiger partial charge is 0.355 e. The molecule has 1 fully saturated rings. The highest BCUT2D eigenvalue weighted by atomic mass is 32.2. The zero-order chi connectivity index (χ0) is 17.3. The van der Waals surface area contributed by atoms with Gasteiger partial charge in [0.2, 0.25) is 10.0 Å². The van der Waals surface area contributed by atoms with Crippen LogP contribution >= 0.6 is 0 Å². The number of anilines is 1. The van der Waals surface area contributed by atoms with Gasteiger partial charge in [-0.1, -0.05) is 6.07 Å². The van der Waals surface area contributed by atoms with E-state index in [-0.39, 0.29) is 11.6 Å². The lowest BCUT2D eigenvalue weighted by Gasteiger charge is -2.18. The summed E-state index contributed by atoms with van der Waals surface area (Å²) in [5, 5.41) is 0. The van der Waals surface area contributed by atoms with Gasteiger partial charge in [-0.2, -0.15) is 0 Å². The topological polar surface area (TPSA) is 62.3 Å². The average Bonchev–Trinajstić information content (AvgIpc) is 2.99. The molecule has 1 aliphatic heterocycles. The summed E-state index contributed by atoms with van der Waals surface area (Å²) >= 11 is 0. The molecule has 2 heterocycles. The van der Waals surface area contributed by atoms with Crippen molar-refractivity contribution in [3.05, 3.63) is 53.7 Å². The third-order valence-electron chi connectivity index (χ3n) is 3.99. The Morgan fingerprint density at radius 1 is 1.25 bits per heavy atom. The smallest absolute Gasteiger partial charge is 0.243 e. The fourth-order valence-electron chi connectivity index (χ4n) is 2.72. The van der Waals surface area contributed by atoms with E-state index in [0.29, 0.717) is 25.6 Å². The standard InChI is InChI=1S/C16H17F2N3O2S/c1-11-8-15(14(18)9-13(11)17)24(22,23)20-12-5-7-21(10-12)16-4-2-3-6-19-16/h2-4,6,8-9,12,20H,5,7,10H2,1H3/t12-/m1/s1. The van der Waals surface area contributed by atoms with E-state index in [9.17, 15) is 17.2 Å². The number of rotatable bonds is 4. The highest BCUT2D eigenvalue weighted by Gasteiger charge is 2.29. The first-order chi connectivity index (χ1) is 11.4. The molecule has 8 heteroatoms. The summed E-state index contributed by atoms with van der Waals surface area (Å²) in [6.45, 7) is 2.49. The Labute approximate surface area is 139 Å². The summed E-state index contributed by atoms with van der Waals surface area (Å²) in [6.07, 6.45) is 2.25. The van der Waals surface area contributed by atoms with Gasteiger partial charge < -0.3 is 4.90 Å². The number of aromatic nitrogens is 1. The van der Waals surface area contributed by atoms with Crippen LogP contribution in [0.25, 0.3) is 0 Å². The van der Waals surface area contributed by atoms with Crippen LogP contribution in [0.4, 0.5) is 14.6 Å². The maximum atomic E-state index is 13.9. The van der Waals surface area contributed by atoms with Gasteiger partial charge in [-0.3, -0.25) is 0 Å². The van der Waals surface area contributed by atoms with E-state index in [1.165, 1.54) is 6.92 Å². The molecule has 1 aromatic carbocycles. The van der Waals surface area contributed by atoms with Gasteiger partial charge >= 0.3 is 0 Å². The Kier molecular flexibility index (Phi) is 4.51. The van der Waals surface area contributed by atoms with Gasteiger partial charge in [0.15, 0.2) is 0 Å². The zero-order valence-electron chi connectivity index (χ0n) is 13.0. The first-order valence-corrected chi connectivity index (χ1v) is 8.99. The summed E-state index contributed by atoms with van der Waals surface area (Å²) in [4.78, 5) is 5.66. The molecule has 0 unspecified atom stereocenters. The van der Waals surface area contributed by atoms with Crippen LogP contribution in [0.3, 0.4) is 0 Å². The molecule has 3 rings (SSSR count). The van der Waals surface area contributed by atoms with Crippen molar-refractivity contribution in [3.8, 4) is 0 Å². The van der Waals surface area contributed by atoms with Gasteiger partial charge in [0.25, 0.3) is 0 Å². The van der Waals surface area contributed by atoms with E-state index in [2.05, 4.69) is 9.71 Å². The molecule has 5 nitrogen and oxygen atoms in total. The number of aryl methyl sites for hydroxylation is 1. The first kappa shape index (κ1) is 16.8. The van der Waals surface area contributed by atoms with Crippen molar-refractivity contribution in [2.24, 2.45) is 0 Å². The van der Waals surface area contributed by atoms with Crippen LogP contribution in [-0.4, -0.2) is 32.5 Å². The number of nitrogens with one attached hydrogen (secondary N) is 1. The molecule has 0 spiro atoms. The molecule has 1 N–H and O–H groups in total. The minimum atomic E-state index is -4.06. The van der Waals surface area contributed by atoms with Crippen LogP contribution in [-0.2, 0) is 10.0 Å². The van der Waals surface area contributed by atoms with Crippen LogP contribution in [0.15, 0.2) is 41.4 Å². The van der Waals surface area contributed by atoms with E-state index < -0.39 is 26.6 Å². The minimum absolute atomic E-state index is 0.0818. The fraction of sp³-hybridized carbons (Fsp3) is 0.312. The summed E-state index contributed by atoms with van der Waals surface area (Å²) < 4.78 is 54.5. The predicted octanol–water partition coefficient (Wildman–Crippen LogP) is 2.23. The van der Waals surface area contributed by atoms with Crippen molar-refractivity contribution in [1.29, 1.82) is 0 Å². The van der Waals surface area contributed by atoms with E-state index in [1.807, 2.05) is 17.0 Å². The summed E-state index contributed by atoms with van der Waals surface area (Å²) in [5.41, 5.74) is 0.0818. The number of nitrogens with zero attached hydrogens (tertiary/aromatic N) is 2. The number of pyridine rings is 1. The lowest BCUT2D eigenvalue weighted by molar-refractivity contribution is 0.532. The molecular weight excluding hydrogens is 336 g/mol. The fourth-order valence-corrected chi connectivity index (χ4v) is 4.13. The summed E-state index contributed by atoms with van der Waals surface area (Å²) in [5.74, 6) is -1.10. The Bertz CT molecular complexity index is 844. The quantitative estimate of drug-likeness (QED) is 0.916. The number of halogens is 2. The Morgan fingerprint density at radius 2 is 2.04 bits per heavy atom. The van der Waals surface area contributed by atoms with E-state index in [4.69, 9.17) is 0 Å². The number of hydrogen-bond acceptors (Lipinski definition) is 4. The highest BCUT2D eigenvalue weighted by molar-refractivity contribution is 7.89. The van der Waals surface area contributed by atoms with E-state index >= 15 is 0 Å². The van der Waals surface area contributed by atoms with Crippen molar-refractivity contribution in [2.75, 3.05) is 18.0 Å². The molecule has 0 radical (unpaired) electrons. The predicted molar refractivity (Wildman–Crippen MR) is 86.3 cm³/mol. The molecule has 0 amide bonds. The van der Waals surface area contributed by atoms with Gasteiger partial charge in [-0.15, -0.1) is 0 Å². The normalized spacial score (nSPS) is 18.1. The van der Waals surface area contributed by atoms with Crippen LogP contribution in [0, 0.1) is 18.6 Å². The van der Waals surface area contributed by atoms with Crippen LogP contribution in [0.1, 0.15) is 12.0 Å². The maximum Gasteiger partial charge on any atom is 0.243 e. The van der Waals surface area contributed by atoms with Crippen molar-refractivity contribution < 1.29 is 17.2 Å². The minimum Gasteiger partial charge on any atom is -0.355 e. The molecule has 1 atom stereocenters. The number of benzene rings is 1. The Hall–Kier alpha value is -2.06. The third-order valence-corrected chi connectivity index (χ3v) is 5.52. The van der Waals surface area contributed by atoms with Crippen molar-refractivity contribution >= 4 is 15.8 Å². The number of hydrogen-bond donors (Lipinski definition) is 1. The maximum absolute atomic E-state index is 13.9. The molecular formula is C16H17F2N3O2S. The molecule has 0 aliphatic carbocycles. The summed E-state index contributed by atoms with van der Waals surface area (Å²) in [7, 11) is -4.06. The molecule has 128 valence electrons. The molecule has 2 aromatic rings. The van der Waals surface area contributed by atoms with Crippen LogP contribution < -0.4 is 9.62 Å². The summed E-state index contributed by atoms with van der Waals surface area (Å²) in [6, 6.07) is 6.76. The van der Waals surface area contributed by atoms with Gasteiger partial charge in [-0.25, -0.2) is 26.9 Å². The molecule has 0 bridgehead atoms. The van der Waals surface area contributed by atoms with Gasteiger partial charge in [-0.05, 0) is 37.1 Å². The van der Waals surface area contributed by atoms with Gasteiger partial charge in [0, 0.05) is 31.4 Å². The Morgan fingerprint density at radius 3 is 2.75 bits per heavy atom. The van der Waals surface area contributed by atoms with Crippen LogP contribution in [0.2, 0.25) is 0 Å². The Balaban J connectivity index is 1.75. The molecule has 24 heavy (non-hydrogen) atoms. The highest BCUT2D eigenvalue weighted by Crippen LogP contribution is 2.22. The van der Waals surface area contributed by atoms with Gasteiger partial charge in [0.05, 0.1) is 0 Å². The van der Waals surface area contributed by atoms with Crippen LogP contribution in [0.5, 0.6) is 0 Å². The SMILES string of the molecule is Cc1cc(S(=O)(=O)N[C@@H]2CCN(c3ccccn3)C2)c(F)cc1F. The van der Waals surface area contributed by atoms with Crippen molar-refractivity contribution in [1.82, 2.24) is 9.71 Å². The van der Waals surface area contributed by atoms with Crippen molar-refractivity contribution in [2.45, 2.75) is 24.3 Å². The lowest BCUT2D eigenvalue weighted by Crippen LogP contribution is -2.37. The lowest BCUT2D eigenvalue weighted by atomic mass is 10.2. The molecule has 0 saturated carbocycles. The molecule has 1 aliphatic rings. The third kappa shape index (κ3) is 3.39. The van der Waals surface area contributed by atoms with Crippen molar-refractivity contribution in [3.63, 3.8) is 0 Å². The number of sulfonamides is 1. The first-order valence-electron chi connectivity index (χ1n) is 7.51. The second-order valence-electron chi connectivity index (χ2n) is 5.77. The van der Waals surface area contributed by atoms with E-state index in [1.54, 1.807) is 12.3 Å². The second-order valence-corrected chi connectivity index (χ2v) is 7.46. The van der Waals surface area contributed by atoms with Gasteiger partial charge in [0.1, 0.15) is 22.3 Å². The molecule has 1 saturated heterocycles. The average molecular weight is 353 g/mol. The van der Waals surface area contributed by atoms with E-state index in [0.717, 1.165) is 11.9 Å². The second kappa shape index (κ2) is 6.45. The monoisotopic (exact) mass is 353 g/mol. The zero-order valence-corrected chi connectivity index (χ0v) is 13.9.